The summed E-state index contributed by atoms with van der Waals surface area (Å²) in [5.41, 5.74) is 2.35. The summed E-state index contributed by atoms with van der Waals surface area (Å²) in [6, 6.07) is 11.6. The normalized spacial score (nSPS) is 12.2. The van der Waals surface area contributed by atoms with Crippen molar-refractivity contribution in [3.8, 4) is 11.3 Å². The fourth-order valence-corrected chi connectivity index (χ4v) is 2.68. The van der Waals surface area contributed by atoms with E-state index in [-0.39, 0.29) is 0 Å². The lowest BCUT2D eigenvalue weighted by Gasteiger charge is -2.06. The molecule has 1 aromatic carbocycles. The summed E-state index contributed by atoms with van der Waals surface area (Å²) < 4.78 is 5.85. The van der Waals surface area contributed by atoms with E-state index < -0.39 is 0 Å². The van der Waals surface area contributed by atoms with Crippen LogP contribution in [0.2, 0.25) is 5.02 Å². The lowest BCUT2D eigenvalue weighted by molar-refractivity contribution is 0.570. The monoisotopic (exact) mass is 338 g/mol. The van der Waals surface area contributed by atoms with Crippen LogP contribution in [-0.2, 0) is 0 Å². The van der Waals surface area contributed by atoms with E-state index >= 15 is 0 Å². The summed E-state index contributed by atoms with van der Waals surface area (Å²) in [6.07, 6.45) is 2.10. The summed E-state index contributed by atoms with van der Waals surface area (Å²) in [4.78, 5) is 0. The van der Waals surface area contributed by atoms with Crippen LogP contribution in [-0.4, -0.2) is 5.33 Å². The molecule has 0 N–H and O–H groups in total. The van der Waals surface area contributed by atoms with Gasteiger partial charge in [0.1, 0.15) is 11.5 Å². The van der Waals surface area contributed by atoms with Crippen LogP contribution in [0.4, 0.5) is 0 Å². The third kappa shape index (κ3) is 3.74. The minimum Gasteiger partial charge on any atom is -0.457 e. The average molecular weight is 340 g/mol. The van der Waals surface area contributed by atoms with Gasteiger partial charge in [0.25, 0.3) is 0 Å². The van der Waals surface area contributed by atoms with Gasteiger partial charge in [0.2, 0.25) is 0 Å². The fraction of sp³-hybridized carbons (Fsp3) is 0.250. The van der Waals surface area contributed by atoms with Gasteiger partial charge in [0.15, 0.2) is 0 Å². The molecule has 0 aliphatic rings. The summed E-state index contributed by atoms with van der Waals surface area (Å²) in [5.74, 6) is 2.25. The van der Waals surface area contributed by atoms with Gasteiger partial charge < -0.3 is 4.42 Å². The molecule has 2 rings (SSSR count). The molecule has 19 heavy (non-hydrogen) atoms. The highest BCUT2D eigenvalue weighted by molar-refractivity contribution is 9.09. The highest BCUT2D eigenvalue weighted by Gasteiger charge is 2.06. The van der Waals surface area contributed by atoms with Crippen LogP contribution in [0, 0.1) is 5.92 Å². The molecule has 3 heteroatoms. The number of halogens is 2. The maximum Gasteiger partial charge on any atom is 0.134 e. The SMILES string of the molecule is CC(C)C(=Cc1ccc(-c2ccc(Cl)cc2)o1)CBr. The van der Waals surface area contributed by atoms with Crippen LogP contribution in [0.15, 0.2) is 46.4 Å². The Kier molecular flexibility index (Phi) is 4.89. The van der Waals surface area contributed by atoms with Crippen molar-refractivity contribution in [1.82, 2.24) is 0 Å². The van der Waals surface area contributed by atoms with Gasteiger partial charge in [0, 0.05) is 15.9 Å². The Morgan fingerprint density at radius 3 is 2.47 bits per heavy atom. The molecule has 1 heterocycles. The molecule has 1 aromatic heterocycles. The molecule has 0 aliphatic carbocycles. The molecule has 0 atom stereocenters. The number of rotatable bonds is 4. The molecular formula is C16H16BrClO. The molecule has 1 nitrogen and oxygen atoms in total. The van der Waals surface area contributed by atoms with Crippen LogP contribution >= 0.6 is 27.5 Å². The molecule has 2 aromatic rings. The molecule has 0 saturated carbocycles. The van der Waals surface area contributed by atoms with Crippen LogP contribution in [0.5, 0.6) is 0 Å². The molecule has 0 radical (unpaired) electrons. The predicted molar refractivity (Wildman–Crippen MR) is 85.8 cm³/mol. The smallest absolute Gasteiger partial charge is 0.134 e. The Morgan fingerprint density at radius 2 is 1.89 bits per heavy atom. The summed E-state index contributed by atoms with van der Waals surface area (Å²) in [5, 5.41) is 1.60. The van der Waals surface area contributed by atoms with Crippen molar-refractivity contribution < 1.29 is 4.42 Å². The fourth-order valence-electron chi connectivity index (χ4n) is 1.74. The van der Waals surface area contributed by atoms with Crippen molar-refractivity contribution in [1.29, 1.82) is 0 Å². The third-order valence-electron chi connectivity index (χ3n) is 2.98. The summed E-state index contributed by atoms with van der Waals surface area (Å²) >= 11 is 9.39. The number of furan rings is 1. The van der Waals surface area contributed by atoms with E-state index in [1.807, 2.05) is 36.4 Å². The van der Waals surface area contributed by atoms with Crippen LogP contribution in [0.25, 0.3) is 17.4 Å². The van der Waals surface area contributed by atoms with Crippen molar-refractivity contribution in [2.45, 2.75) is 13.8 Å². The van der Waals surface area contributed by atoms with Gasteiger partial charge in [-0.2, -0.15) is 0 Å². The second kappa shape index (κ2) is 6.44. The molecule has 100 valence electrons. The number of hydrogen-bond acceptors (Lipinski definition) is 1. The molecular weight excluding hydrogens is 324 g/mol. The topological polar surface area (TPSA) is 13.1 Å². The van der Waals surface area contributed by atoms with Gasteiger partial charge in [-0.05, 0) is 48.4 Å². The number of allylic oxidation sites excluding steroid dienone is 1. The van der Waals surface area contributed by atoms with Crippen molar-refractivity contribution in [2.75, 3.05) is 5.33 Å². The van der Waals surface area contributed by atoms with Gasteiger partial charge in [-0.25, -0.2) is 0 Å². The van der Waals surface area contributed by atoms with Gasteiger partial charge in [-0.3, -0.25) is 0 Å². The maximum absolute atomic E-state index is 5.88. The van der Waals surface area contributed by atoms with Crippen LogP contribution in [0.1, 0.15) is 19.6 Å². The first-order valence-electron chi connectivity index (χ1n) is 6.22. The van der Waals surface area contributed by atoms with Gasteiger partial charge in [0.05, 0.1) is 0 Å². The number of alkyl halides is 1. The van der Waals surface area contributed by atoms with Crippen LogP contribution in [0.3, 0.4) is 0 Å². The Hall–Kier alpha value is -0.990. The van der Waals surface area contributed by atoms with E-state index in [2.05, 4.69) is 35.9 Å². The quantitative estimate of drug-likeness (QED) is 0.619. The first kappa shape index (κ1) is 14.4. The Labute approximate surface area is 127 Å². The molecule has 0 amide bonds. The van der Waals surface area contributed by atoms with Crippen molar-refractivity contribution in [3.63, 3.8) is 0 Å². The third-order valence-corrected chi connectivity index (χ3v) is 3.88. The zero-order valence-corrected chi connectivity index (χ0v) is 13.3. The van der Waals surface area contributed by atoms with E-state index in [9.17, 15) is 0 Å². The largest absolute Gasteiger partial charge is 0.457 e. The van der Waals surface area contributed by atoms with Crippen molar-refractivity contribution in [2.24, 2.45) is 5.92 Å². The molecule has 0 saturated heterocycles. The van der Waals surface area contributed by atoms with Gasteiger partial charge in [-0.15, -0.1) is 0 Å². The first-order valence-corrected chi connectivity index (χ1v) is 7.72. The van der Waals surface area contributed by atoms with E-state index in [1.165, 1.54) is 5.57 Å². The van der Waals surface area contributed by atoms with E-state index in [0.717, 1.165) is 27.4 Å². The Balaban J connectivity index is 2.26. The molecule has 0 bridgehead atoms. The predicted octanol–water partition coefficient (Wildman–Crippen LogP) is 6.03. The minimum absolute atomic E-state index is 0.503. The van der Waals surface area contributed by atoms with E-state index in [0.29, 0.717) is 5.92 Å². The van der Waals surface area contributed by atoms with Crippen LogP contribution < -0.4 is 0 Å². The highest BCUT2D eigenvalue weighted by Crippen LogP contribution is 2.26. The minimum atomic E-state index is 0.503. The molecule has 0 fully saturated rings. The van der Waals surface area contributed by atoms with Crippen molar-refractivity contribution >= 4 is 33.6 Å². The highest BCUT2D eigenvalue weighted by atomic mass is 79.9. The zero-order chi connectivity index (χ0) is 13.8. The second-order valence-electron chi connectivity index (χ2n) is 4.72. The Morgan fingerprint density at radius 1 is 1.21 bits per heavy atom. The summed E-state index contributed by atoms with van der Waals surface area (Å²) in [6.45, 7) is 4.35. The van der Waals surface area contributed by atoms with Crippen molar-refractivity contribution in [3.05, 3.63) is 52.8 Å². The second-order valence-corrected chi connectivity index (χ2v) is 5.71. The zero-order valence-electron chi connectivity index (χ0n) is 11.0. The number of benzene rings is 1. The average Bonchev–Trinajstić information content (AvgIpc) is 2.85. The molecule has 0 spiro atoms. The van der Waals surface area contributed by atoms with Gasteiger partial charge in [-0.1, -0.05) is 47.0 Å². The first-order chi connectivity index (χ1) is 9.10. The van der Waals surface area contributed by atoms with Gasteiger partial charge >= 0.3 is 0 Å². The maximum atomic E-state index is 5.88. The lowest BCUT2D eigenvalue weighted by Crippen LogP contribution is -1.94. The Bertz CT molecular complexity index is 567. The standard InChI is InChI=1S/C16H16BrClO/c1-11(2)13(10-17)9-15-7-8-16(19-15)12-3-5-14(18)6-4-12/h3-9,11H,10H2,1-2H3. The molecule has 0 aliphatic heterocycles. The molecule has 0 unspecified atom stereocenters. The summed E-state index contributed by atoms with van der Waals surface area (Å²) in [7, 11) is 0. The van der Waals surface area contributed by atoms with E-state index in [4.69, 9.17) is 16.0 Å². The number of hydrogen-bond donors (Lipinski definition) is 0. The van der Waals surface area contributed by atoms with E-state index in [1.54, 1.807) is 0 Å². The lowest BCUT2D eigenvalue weighted by atomic mass is 10.0.